The molecule has 9 heteroatoms. The van der Waals surface area contributed by atoms with E-state index in [-0.39, 0.29) is 35.4 Å². The van der Waals surface area contributed by atoms with Gasteiger partial charge in [-0.1, -0.05) is 30.3 Å². The van der Waals surface area contributed by atoms with Gasteiger partial charge in [0.1, 0.15) is 5.75 Å². The summed E-state index contributed by atoms with van der Waals surface area (Å²) in [7, 11) is 0. The van der Waals surface area contributed by atoms with Gasteiger partial charge in [-0.25, -0.2) is 4.79 Å². The summed E-state index contributed by atoms with van der Waals surface area (Å²) < 4.78 is 45.8. The second-order valence-electron chi connectivity index (χ2n) is 7.81. The molecule has 1 atom stereocenters. The summed E-state index contributed by atoms with van der Waals surface area (Å²) in [5.41, 5.74) is 0.273. The van der Waals surface area contributed by atoms with Crippen molar-refractivity contribution >= 4 is 17.6 Å². The summed E-state index contributed by atoms with van der Waals surface area (Å²) in [5.74, 6) is -1.20. The van der Waals surface area contributed by atoms with Crippen molar-refractivity contribution in [3.05, 3.63) is 59.2 Å². The van der Waals surface area contributed by atoms with Crippen molar-refractivity contribution in [1.82, 2.24) is 4.90 Å². The molecule has 3 rings (SSSR count). The Hall–Kier alpha value is -3.23. The Balaban J connectivity index is 1.83. The number of alkyl halides is 3. The molecule has 0 radical (unpaired) electrons. The number of aliphatic carboxylic acids is 1. The van der Waals surface area contributed by atoms with E-state index in [2.05, 4.69) is 0 Å². The van der Waals surface area contributed by atoms with E-state index in [1.54, 1.807) is 9.80 Å². The first-order chi connectivity index (χ1) is 15.1. The number of halogens is 3. The van der Waals surface area contributed by atoms with Gasteiger partial charge in [0, 0.05) is 25.7 Å². The Labute approximate surface area is 184 Å². The maximum Gasteiger partial charge on any atom is 0.416 e. The van der Waals surface area contributed by atoms with Gasteiger partial charge < -0.3 is 19.6 Å². The minimum Gasteiger partial charge on any atom is -0.480 e. The molecule has 0 unspecified atom stereocenters. The fourth-order valence-electron chi connectivity index (χ4n) is 4.03. The number of amides is 1. The first-order valence-electron chi connectivity index (χ1n) is 10.2. The molecule has 0 spiro atoms. The van der Waals surface area contributed by atoms with Crippen LogP contribution >= 0.6 is 0 Å². The second-order valence-corrected chi connectivity index (χ2v) is 7.81. The molecule has 0 bridgehead atoms. The van der Waals surface area contributed by atoms with Gasteiger partial charge in [0.2, 0.25) is 5.91 Å². The lowest BCUT2D eigenvalue weighted by Crippen LogP contribution is -2.54. The van der Waals surface area contributed by atoms with Crippen molar-refractivity contribution in [3.63, 3.8) is 0 Å². The fourth-order valence-corrected chi connectivity index (χ4v) is 4.03. The molecule has 1 aliphatic heterocycles. The van der Waals surface area contributed by atoms with E-state index >= 15 is 0 Å². The Bertz CT molecular complexity index is 979. The zero-order valence-corrected chi connectivity index (χ0v) is 17.9. The first-order valence-corrected chi connectivity index (χ1v) is 10.2. The van der Waals surface area contributed by atoms with Gasteiger partial charge in [0.15, 0.2) is 6.61 Å². The van der Waals surface area contributed by atoms with Crippen molar-refractivity contribution < 1.29 is 32.6 Å². The quantitative estimate of drug-likeness (QED) is 0.726. The number of hydrogen-bond donors (Lipinski definition) is 1. The third kappa shape index (κ3) is 5.33. The SMILES string of the molecule is Cc1c(C(F)(F)F)ccc(OCC(=O)O)c1N1CCN(C(=O)Cc2ccccc2)[C@@H](C)C1. The lowest BCUT2D eigenvalue weighted by atomic mass is 10.0. The Morgan fingerprint density at radius 1 is 1.12 bits per heavy atom. The van der Waals surface area contributed by atoms with Crippen LogP contribution in [0.4, 0.5) is 18.9 Å². The highest BCUT2D eigenvalue weighted by Gasteiger charge is 2.36. The molecule has 172 valence electrons. The van der Waals surface area contributed by atoms with Crippen molar-refractivity contribution in [1.29, 1.82) is 0 Å². The Kier molecular flexibility index (Phi) is 6.96. The standard InChI is InChI=1S/C23H25F3N2O4/c1-15-13-27(10-11-28(15)20(29)12-17-6-4-3-5-7-17)22-16(2)18(23(24,25)26)8-9-19(22)32-14-21(30)31/h3-9,15H,10-14H2,1-2H3,(H,30,31)/t15-/m0/s1. The van der Waals surface area contributed by atoms with Crippen LogP contribution in [-0.4, -0.2) is 54.2 Å². The molecule has 2 aromatic rings. The maximum atomic E-state index is 13.5. The summed E-state index contributed by atoms with van der Waals surface area (Å²) in [5, 5.41) is 8.93. The van der Waals surface area contributed by atoms with Crippen LogP contribution in [0.3, 0.4) is 0 Å². The highest BCUT2D eigenvalue weighted by Crippen LogP contribution is 2.41. The van der Waals surface area contributed by atoms with Crippen molar-refractivity contribution in [2.24, 2.45) is 0 Å². The number of anilines is 1. The van der Waals surface area contributed by atoms with Crippen LogP contribution in [0, 0.1) is 6.92 Å². The van der Waals surface area contributed by atoms with Crippen LogP contribution in [0.15, 0.2) is 42.5 Å². The predicted octanol–water partition coefficient (Wildman–Crippen LogP) is 3.76. The van der Waals surface area contributed by atoms with E-state index in [4.69, 9.17) is 9.84 Å². The summed E-state index contributed by atoms with van der Waals surface area (Å²) in [6, 6.07) is 11.1. The van der Waals surface area contributed by atoms with Crippen molar-refractivity contribution in [3.8, 4) is 5.75 Å². The monoisotopic (exact) mass is 450 g/mol. The number of benzene rings is 2. The van der Waals surface area contributed by atoms with Crippen LogP contribution in [-0.2, 0) is 22.2 Å². The molecule has 1 saturated heterocycles. The molecular weight excluding hydrogens is 425 g/mol. The third-order valence-electron chi connectivity index (χ3n) is 5.51. The average molecular weight is 450 g/mol. The molecule has 2 aromatic carbocycles. The van der Waals surface area contributed by atoms with Gasteiger partial charge in [0.05, 0.1) is 17.7 Å². The van der Waals surface area contributed by atoms with Crippen LogP contribution in [0.2, 0.25) is 0 Å². The number of nitrogens with zero attached hydrogens (tertiary/aromatic N) is 2. The van der Waals surface area contributed by atoms with Gasteiger partial charge in [0.25, 0.3) is 0 Å². The molecule has 1 N–H and O–H groups in total. The molecule has 1 amide bonds. The lowest BCUT2D eigenvalue weighted by Gasteiger charge is -2.42. The minimum absolute atomic E-state index is 0.0309. The number of carboxylic acid groups (broad SMARTS) is 1. The number of carbonyl (C=O) groups excluding carboxylic acids is 1. The number of hydrogen-bond acceptors (Lipinski definition) is 4. The van der Waals surface area contributed by atoms with E-state index < -0.39 is 24.3 Å². The Morgan fingerprint density at radius 2 is 1.81 bits per heavy atom. The highest BCUT2D eigenvalue weighted by atomic mass is 19.4. The van der Waals surface area contributed by atoms with Crippen molar-refractivity contribution in [2.45, 2.75) is 32.5 Å². The topological polar surface area (TPSA) is 70.1 Å². The molecule has 1 fully saturated rings. The van der Waals surface area contributed by atoms with Crippen LogP contribution in [0.25, 0.3) is 0 Å². The predicted molar refractivity (Wildman–Crippen MR) is 113 cm³/mol. The van der Waals surface area contributed by atoms with Gasteiger partial charge in [-0.05, 0) is 37.1 Å². The average Bonchev–Trinajstić information content (AvgIpc) is 2.71. The van der Waals surface area contributed by atoms with E-state index in [9.17, 15) is 22.8 Å². The van der Waals surface area contributed by atoms with E-state index in [0.717, 1.165) is 17.7 Å². The minimum atomic E-state index is -4.55. The normalized spacial score (nSPS) is 16.7. The van der Waals surface area contributed by atoms with E-state index in [1.807, 2.05) is 37.3 Å². The van der Waals surface area contributed by atoms with Gasteiger partial charge in [-0.3, -0.25) is 4.79 Å². The summed E-state index contributed by atoms with van der Waals surface area (Å²) in [6.45, 7) is 3.46. The van der Waals surface area contributed by atoms with Crippen LogP contribution in [0.5, 0.6) is 5.75 Å². The van der Waals surface area contributed by atoms with E-state index in [1.165, 1.54) is 6.92 Å². The molecule has 0 aromatic heterocycles. The van der Waals surface area contributed by atoms with Crippen LogP contribution in [0.1, 0.15) is 23.6 Å². The number of carbonyl (C=O) groups is 2. The first kappa shape index (κ1) is 23.4. The fraction of sp³-hybridized carbons (Fsp3) is 0.391. The zero-order valence-electron chi connectivity index (χ0n) is 17.9. The van der Waals surface area contributed by atoms with E-state index in [0.29, 0.717) is 19.6 Å². The highest BCUT2D eigenvalue weighted by molar-refractivity contribution is 5.79. The summed E-state index contributed by atoms with van der Waals surface area (Å²) >= 11 is 0. The number of ether oxygens (including phenoxy) is 1. The third-order valence-corrected chi connectivity index (χ3v) is 5.51. The summed E-state index contributed by atoms with van der Waals surface area (Å²) in [6.07, 6.45) is -4.30. The zero-order chi connectivity index (χ0) is 23.5. The molecular formula is C23H25F3N2O4. The Morgan fingerprint density at radius 3 is 2.41 bits per heavy atom. The maximum absolute atomic E-state index is 13.5. The molecule has 6 nitrogen and oxygen atoms in total. The molecule has 1 aliphatic rings. The van der Waals surface area contributed by atoms with Gasteiger partial charge >= 0.3 is 12.1 Å². The molecule has 0 saturated carbocycles. The molecule has 32 heavy (non-hydrogen) atoms. The van der Waals surface area contributed by atoms with Crippen molar-refractivity contribution in [2.75, 3.05) is 31.1 Å². The number of rotatable bonds is 6. The van der Waals surface area contributed by atoms with Crippen LogP contribution < -0.4 is 9.64 Å². The number of carboxylic acids is 1. The lowest BCUT2D eigenvalue weighted by molar-refractivity contribution is -0.140. The largest absolute Gasteiger partial charge is 0.480 e. The molecule has 1 heterocycles. The molecule has 0 aliphatic carbocycles. The van der Waals surface area contributed by atoms with Gasteiger partial charge in [-0.2, -0.15) is 13.2 Å². The van der Waals surface area contributed by atoms with Gasteiger partial charge in [-0.15, -0.1) is 0 Å². The second kappa shape index (κ2) is 9.50. The summed E-state index contributed by atoms with van der Waals surface area (Å²) in [4.78, 5) is 27.2. The number of piperazine rings is 1. The smallest absolute Gasteiger partial charge is 0.416 e.